The van der Waals surface area contributed by atoms with Crippen LogP contribution in [0.25, 0.3) is 11.3 Å². The molecule has 0 atom stereocenters. The van der Waals surface area contributed by atoms with E-state index in [1.807, 2.05) is 12.1 Å². The summed E-state index contributed by atoms with van der Waals surface area (Å²) in [5.41, 5.74) is 2.52. The summed E-state index contributed by atoms with van der Waals surface area (Å²) in [5, 5.41) is 0.746. The van der Waals surface area contributed by atoms with Gasteiger partial charge < -0.3 is 9.88 Å². The molecule has 1 N–H and O–H groups in total. The van der Waals surface area contributed by atoms with Gasteiger partial charge in [-0.3, -0.25) is 9.78 Å². The molecule has 168 valence electrons. The summed E-state index contributed by atoms with van der Waals surface area (Å²) in [7, 11) is 1.68. The molecule has 2 aromatic carbocycles. The molecule has 0 aliphatic heterocycles. The highest BCUT2D eigenvalue weighted by molar-refractivity contribution is 7.98. The molecular formula is C24H19ClF2N4OS. The van der Waals surface area contributed by atoms with Crippen LogP contribution in [0.3, 0.4) is 0 Å². The van der Waals surface area contributed by atoms with Crippen LogP contribution < -0.4 is 0 Å². The second-order valence-electron chi connectivity index (χ2n) is 7.28. The van der Waals surface area contributed by atoms with E-state index in [0.717, 1.165) is 5.56 Å². The number of benzene rings is 2. The lowest BCUT2D eigenvalue weighted by Gasteiger charge is -2.17. The second-order valence-corrected chi connectivity index (χ2v) is 8.65. The minimum atomic E-state index is -0.409. The third-order valence-corrected chi connectivity index (χ3v) is 6.20. The van der Waals surface area contributed by atoms with Crippen LogP contribution in [0.15, 0.2) is 72.1 Å². The summed E-state index contributed by atoms with van der Waals surface area (Å²) < 4.78 is 27.6. The molecule has 4 aromatic rings. The minimum absolute atomic E-state index is 0.225. The quantitative estimate of drug-likeness (QED) is 0.328. The molecule has 2 heterocycles. The zero-order valence-corrected chi connectivity index (χ0v) is 19.1. The number of imidazole rings is 1. The van der Waals surface area contributed by atoms with Gasteiger partial charge in [0.05, 0.1) is 0 Å². The van der Waals surface area contributed by atoms with Crippen LogP contribution in [0.5, 0.6) is 0 Å². The Bertz CT molecular complexity index is 1250. The third kappa shape index (κ3) is 5.40. The summed E-state index contributed by atoms with van der Waals surface area (Å²) in [6.07, 6.45) is 3.33. The summed E-state index contributed by atoms with van der Waals surface area (Å²) >= 11 is 7.35. The highest BCUT2D eigenvalue weighted by Crippen LogP contribution is 2.31. The molecule has 0 fully saturated rings. The first kappa shape index (κ1) is 22.9. The fraction of sp³-hybridized carbons (Fsp3) is 0.125. The van der Waals surface area contributed by atoms with Crippen molar-refractivity contribution >= 4 is 29.3 Å². The maximum absolute atomic E-state index is 14.2. The molecule has 0 saturated heterocycles. The molecule has 33 heavy (non-hydrogen) atoms. The first-order chi connectivity index (χ1) is 15.9. The monoisotopic (exact) mass is 484 g/mol. The number of carbonyl (C=O) groups is 1. The number of nitrogens with one attached hydrogen (secondary N) is 1. The van der Waals surface area contributed by atoms with Crippen molar-refractivity contribution in [2.45, 2.75) is 17.5 Å². The molecule has 9 heteroatoms. The Morgan fingerprint density at radius 3 is 2.52 bits per heavy atom. The number of pyridine rings is 1. The van der Waals surface area contributed by atoms with Gasteiger partial charge >= 0.3 is 0 Å². The van der Waals surface area contributed by atoms with Gasteiger partial charge in [-0.15, -0.1) is 0 Å². The Morgan fingerprint density at radius 1 is 1.09 bits per heavy atom. The molecule has 0 radical (unpaired) electrons. The maximum Gasteiger partial charge on any atom is 0.272 e. The van der Waals surface area contributed by atoms with Crippen LogP contribution in [0, 0.1) is 11.6 Å². The topological polar surface area (TPSA) is 61.9 Å². The van der Waals surface area contributed by atoms with Gasteiger partial charge in [0, 0.05) is 47.9 Å². The van der Waals surface area contributed by atoms with Crippen molar-refractivity contribution in [2.75, 3.05) is 7.05 Å². The van der Waals surface area contributed by atoms with Crippen molar-refractivity contribution in [2.24, 2.45) is 0 Å². The maximum atomic E-state index is 14.2. The van der Waals surface area contributed by atoms with E-state index in [4.69, 9.17) is 11.6 Å². The molecule has 0 unspecified atom stereocenters. The SMILES string of the molecule is CN(Cc1ccncc1)C(=O)c1[nH]c(SCc2c(F)cccc2Cl)nc1-c1ccc(F)cc1. The van der Waals surface area contributed by atoms with Gasteiger partial charge in [-0.05, 0) is 54.1 Å². The summed E-state index contributed by atoms with van der Waals surface area (Å²) in [6.45, 7) is 0.372. The smallest absolute Gasteiger partial charge is 0.272 e. The average molecular weight is 485 g/mol. The molecule has 0 spiro atoms. The van der Waals surface area contributed by atoms with E-state index in [-0.39, 0.29) is 23.2 Å². The molecule has 1 amide bonds. The molecule has 4 rings (SSSR count). The van der Waals surface area contributed by atoms with E-state index in [9.17, 15) is 13.6 Å². The standard InChI is InChI=1S/C24H19ClF2N4OS/c1-31(13-15-9-11-28-12-10-15)23(32)22-21(16-5-7-17(26)8-6-16)29-24(30-22)33-14-18-19(25)3-2-4-20(18)27/h2-12H,13-14H2,1H3,(H,29,30). The van der Waals surface area contributed by atoms with E-state index in [1.165, 1.54) is 30.0 Å². The number of rotatable bonds is 7. The van der Waals surface area contributed by atoms with E-state index in [0.29, 0.717) is 33.5 Å². The van der Waals surface area contributed by atoms with Crippen LogP contribution in [-0.2, 0) is 12.3 Å². The Hall–Kier alpha value is -3.23. The zero-order chi connectivity index (χ0) is 23.4. The van der Waals surface area contributed by atoms with E-state index in [1.54, 1.807) is 48.6 Å². The predicted molar refractivity (Wildman–Crippen MR) is 125 cm³/mol. The van der Waals surface area contributed by atoms with Crippen LogP contribution >= 0.6 is 23.4 Å². The van der Waals surface area contributed by atoms with Gasteiger partial charge in [0.2, 0.25) is 0 Å². The molecule has 5 nitrogen and oxygen atoms in total. The number of carbonyl (C=O) groups excluding carboxylic acids is 1. The van der Waals surface area contributed by atoms with E-state index < -0.39 is 5.82 Å². The lowest BCUT2D eigenvalue weighted by Crippen LogP contribution is -2.27. The van der Waals surface area contributed by atoms with Crippen molar-refractivity contribution < 1.29 is 13.6 Å². The number of hydrogen-bond donors (Lipinski definition) is 1. The molecular weight excluding hydrogens is 466 g/mol. The highest BCUT2D eigenvalue weighted by atomic mass is 35.5. The van der Waals surface area contributed by atoms with Crippen molar-refractivity contribution in [1.29, 1.82) is 0 Å². The number of amides is 1. The Kier molecular flexibility index (Phi) is 7.05. The number of H-pyrrole nitrogens is 1. The summed E-state index contributed by atoms with van der Waals surface area (Å²) in [6, 6.07) is 13.9. The number of thioether (sulfide) groups is 1. The van der Waals surface area contributed by atoms with Crippen molar-refractivity contribution in [3.63, 3.8) is 0 Å². The van der Waals surface area contributed by atoms with Gasteiger partial charge in [0.15, 0.2) is 5.16 Å². The lowest BCUT2D eigenvalue weighted by molar-refractivity contribution is 0.0780. The van der Waals surface area contributed by atoms with Gasteiger partial charge in [-0.25, -0.2) is 13.8 Å². The Morgan fingerprint density at radius 2 is 1.82 bits per heavy atom. The van der Waals surface area contributed by atoms with Crippen LogP contribution in [0.2, 0.25) is 5.02 Å². The largest absolute Gasteiger partial charge is 0.336 e. The van der Waals surface area contributed by atoms with Crippen LogP contribution in [0.1, 0.15) is 21.6 Å². The first-order valence-corrected chi connectivity index (χ1v) is 11.3. The predicted octanol–water partition coefficient (Wildman–Crippen LogP) is 5.97. The third-order valence-electron chi connectivity index (χ3n) is 4.94. The van der Waals surface area contributed by atoms with Crippen molar-refractivity contribution in [3.8, 4) is 11.3 Å². The summed E-state index contributed by atoms with van der Waals surface area (Å²) in [4.78, 5) is 26.4. The highest BCUT2D eigenvalue weighted by Gasteiger charge is 2.23. The second kappa shape index (κ2) is 10.1. The number of aromatic amines is 1. The molecule has 0 saturated carbocycles. The normalized spacial score (nSPS) is 10.9. The number of hydrogen-bond acceptors (Lipinski definition) is 4. The minimum Gasteiger partial charge on any atom is -0.336 e. The van der Waals surface area contributed by atoms with Gasteiger partial charge in [-0.1, -0.05) is 29.4 Å². The Labute approximate surface area is 198 Å². The zero-order valence-electron chi connectivity index (χ0n) is 17.6. The van der Waals surface area contributed by atoms with Gasteiger partial charge in [0.25, 0.3) is 5.91 Å². The van der Waals surface area contributed by atoms with Gasteiger partial charge in [0.1, 0.15) is 23.0 Å². The molecule has 0 bridgehead atoms. The summed E-state index contributed by atoms with van der Waals surface area (Å²) in [5.74, 6) is -0.855. The van der Waals surface area contributed by atoms with Crippen LogP contribution in [-0.4, -0.2) is 32.8 Å². The molecule has 2 aromatic heterocycles. The van der Waals surface area contributed by atoms with Crippen LogP contribution in [0.4, 0.5) is 8.78 Å². The molecule has 0 aliphatic carbocycles. The average Bonchev–Trinajstić information content (AvgIpc) is 3.23. The first-order valence-electron chi connectivity index (χ1n) is 9.98. The fourth-order valence-corrected chi connectivity index (χ4v) is 4.44. The van der Waals surface area contributed by atoms with E-state index in [2.05, 4.69) is 15.0 Å². The fourth-order valence-electron chi connectivity index (χ4n) is 3.23. The van der Waals surface area contributed by atoms with Crippen molar-refractivity contribution in [3.05, 3.63) is 100 Å². The molecule has 0 aliphatic rings. The van der Waals surface area contributed by atoms with Gasteiger partial charge in [-0.2, -0.15) is 0 Å². The van der Waals surface area contributed by atoms with E-state index >= 15 is 0 Å². The number of aromatic nitrogens is 3. The lowest BCUT2D eigenvalue weighted by atomic mass is 10.1. The number of nitrogens with zero attached hydrogens (tertiary/aromatic N) is 3. The van der Waals surface area contributed by atoms with Crippen molar-refractivity contribution in [1.82, 2.24) is 19.9 Å². The Balaban J connectivity index is 1.63. The number of halogens is 3.